The van der Waals surface area contributed by atoms with Crippen LogP contribution < -0.4 is 21.3 Å². The highest BCUT2D eigenvalue weighted by molar-refractivity contribution is 5.64. The van der Waals surface area contributed by atoms with Crippen LogP contribution in [0.1, 0.15) is 54.7 Å². The minimum atomic E-state index is -0.655. The van der Waals surface area contributed by atoms with Crippen LogP contribution in [0.25, 0.3) is 0 Å². The summed E-state index contributed by atoms with van der Waals surface area (Å²) in [4.78, 5) is 3.76. The molecule has 1 saturated carbocycles. The summed E-state index contributed by atoms with van der Waals surface area (Å²) < 4.78 is 27.6. The summed E-state index contributed by atoms with van der Waals surface area (Å²) in [7, 11) is 0. The molecule has 0 radical (unpaired) electrons. The normalized spacial score (nSPS) is 22.2. The lowest BCUT2D eigenvalue weighted by molar-refractivity contribution is 0.443. The van der Waals surface area contributed by atoms with Crippen molar-refractivity contribution in [2.24, 2.45) is 11.5 Å². The number of aromatic amines is 1. The first kappa shape index (κ1) is 19.0. The van der Waals surface area contributed by atoms with Crippen LogP contribution in [0.3, 0.4) is 0 Å². The van der Waals surface area contributed by atoms with Gasteiger partial charge in [-0.1, -0.05) is 12.1 Å². The van der Waals surface area contributed by atoms with Crippen molar-refractivity contribution in [1.29, 1.82) is 0 Å². The Morgan fingerprint density at radius 1 is 1.03 bits per heavy atom. The highest BCUT2D eigenvalue weighted by atomic mass is 19.1. The molecule has 6 nitrogen and oxygen atoms in total. The van der Waals surface area contributed by atoms with Crippen molar-refractivity contribution in [3.63, 3.8) is 0 Å². The molecule has 0 saturated heterocycles. The van der Waals surface area contributed by atoms with Gasteiger partial charge in [-0.05, 0) is 55.7 Å². The van der Waals surface area contributed by atoms with Crippen LogP contribution in [0.15, 0.2) is 48.5 Å². The van der Waals surface area contributed by atoms with Gasteiger partial charge in [0.05, 0.1) is 6.04 Å². The van der Waals surface area contributed by atoms with Gasteiger partial charge in [0, 0.05) is 28.9 Å². The Morgan fingerprint density at radius 2 is 1.73 bits per heavy atom. The Labute approximate surface area is 173 Å². The number of hydrogen-bond acceptors (Lipinski definition) is 5. The van der Waals surface area contributed by atoms with Crippen LogP contribution >= 0.6 is 0 Å². The lowest BCUT2D eigenvalue weighted by atomic mass is 9.99. The quantitative estimate of drug-likeness (QED) is 0.608. The number of rotatable bonds is 4. The van der Waals surface area contributed by atoms with Crippen LogP contribution in [0.5, 0.6) is 0 Å². The molecule has 3 atom stereocenters. The Balaban J connectivity index is 1.59. The number of hydrogen-bond donors (Lipinski definition) is 3. The molecule has 2 aliphatic rings. The molecule has 3 aromatic rings. The molecule has 1 aromatic heterocycles. The van der Waals surface area contributed by atoms with Gasteiger partial charge >= 0.3 is 0 Å². The van der Waals surface area contributed by atoms with Gasteiger partial charge < -0.3 is 15.5 Å². The summed E-state index contributed by atoms with van der Waals surface area (Å²) in [5.74, 6) is 0.462. The van der Waals surface area contributed by atoms with Gasteiger partial charge in [0.1, 0.15) is 17.8 Å². The van der Waals surface area contributed by atoms with Crippen LogP contribution in [0.4, 0.5) is 20.3 Å². The molecule has 0 bridgehead atoms. The standard InChI is InChI=1S/C22H24F2N6/c1-12(13-4-6-15(23)7-5-13)29-19-9-8-16(24)10-17(19)21(25)30(22(29)26)20-11-18(27-28-20)14-2-3-14/h4-12,14,21-22H,2-3,25-26H2,1H3,(H,27,28)/t12-,21?,22?/m0/s1. The van der Waals surface area contributed by atoms with Crippen LogP contribution in [-0.4, -0.2) is 16.5 Å². The average Bonchev–Trinajstić information content (AvgIpc) is 3.47. The first-order chi connectivity index (χ1) is 14.4. The number of aromatic nitrogens is 2. The summed E-state index contributed by atoms with van der Waals surface area (Å²) in [6.07, 6.45) is 0.981. The SMILES string of the molecule is C[C@@H](c1ccc(F)cc1)N1c2ccc(F)cc2C(N)N(c2cc(C3CC3)[nH]n2)C1N. The van der Waals surface area contributed by atoms with Crippen molar-refractivity contribution in [2.45, 2.75) is 44.2 Å². The maximum absolute atomic E-state index is 14.1. The summed E-state index contributed by atoms with van der Waals surface area (Å²) in [6.45, 7) is 1.98. The van der Waals surface area contributed by atoms with Gasteiger partial charge in [0.15, 0.2) is 12.1 Å². The highest BCUT2D eigenvalue weighted by Gasteiger charge is 2.40. The number of fused-ring (bicyclic) bond motifs is 1. The fourth-order valence-electron chi connectivity index (χ4n) is 4.27. The van der Waals surface area contributed by atoms with Gasteiger partial charge in [-0.3, -0.25) is 10.8 Å². The molecule has 1 aliphatic heterocycles. The maximum atomic E-state index is 14.1. The molecule has 1 fully saturated rings. The van der Waals surface area contributed by atoms with Gasteiger partial charge in [0.25, 0.3) is 0 Å². The van der Waals surface area contributed by atoms with E-state index in [4.69, 9.17) is 11.5 Å². The van der Waals surface area contributed by atoms with Gasteiger partial charge in [-0.15, -0.1) is 0 Å². The second-order valence-electron chi connectivity index (χ2n) is 8.06. The second-order valence-corrected chi connectivity index (χ2v) is 8.06. The number of nitrogens with one attached hydrogen (secondary N) is 1. The molecule has 2 heterocycles. The van der Waals surface area contributed by atoms with E-state index in [1.165, 1.54) is 24.3 Å². The Kier molecular flexibility index (Phi) is 4.48. The molecule has 8 heteroatoms. The van der Waals surface area contributed by atoms with E-state index in [-0.39, 0.29) is 17.7 Å². The van der Waals surface area contributed by atoms with E-state index < -0.39 is 12.5 Å². The van der Waals surface area contributed by atoms with E-state index in [0.717, 1.165) is 29.8 Å². The zero-order chi connectivity index (χ0) is 21.0. The van der Waals surface area contributed by atoms with Crippen LogP contribution in [0.2, 0.25) is 0 Å². The number of halogens is 2. The average molecular weight is 410 g/mol. The molecule has 2 unspecified atom stereocenters. The van der Waals surface area contributed by atoms with Crippen molar-refractivity contribution in [2.75, 3.05) is 9.80 Å². The maximum Gasteiger partial charge on any atom is 0.158 e. The molecule has 156 valence electrons. The molecule has 0 spiro atoms. The van der Waals surface area contributed by atoms with Crippen molar-refractivity contribution < 1.29 is 8.78 Å². The molecule has 0 amide bonds. The lowest BCUT2D eigenvalue weighted by Gasteiger charge is -2.49. The number of nitrogens with two attached hydrogens (primary N) is 2. The van der Waals surface area contributed by atoms with Gasteiger partial charge in [0.2, 0.25) is 0 Å². The Hall–Kier alpha value is -2.97. The van der Waals surface area contributed by atoms with Crippen molar-refractivity contribution in [3.8, 4) is 0 Å². The molecular weight excluding hydrogens is 386 g/mol. The summed E-state index contributed by atoms with van der Waals surface area (Å²) in [5, 5.41) is 7.53. The Morgan fingerprint density at radius 3 is 2.43 bits per heavy atom. The van der Waals surface area contributed by atoms with E-state index in [9.17, 15) is 8.78 Å². The third-order valence-corrected chi connectivity index (χ3v) is 6.09. The minimum absolute atomic E-state index is 0.207. The van der Waals surface area contributed by atoms with Gasteiger partial charge in [-0.2, -0.15) is 5.10 Å². The zero-order valence-corrected chi connectivity index (χ0v) is 16.6. The predicted octanol–water partition coefficient (Wildman–Crippen LogP) is 3.85. The number of H-pyrrole nitrogens is 1. The topological polar surface area (TPSA) is 87.2 Å². The summed E-state index contributed by atoms with van der Waals surface area (Å²) in [6, 6.07) is 12.6. The molecule has 2 aromatic carbocycles. The summed E-state index contributed by atoms with van der Waals surface area (Å²) >= 11 is 0. The van der Waals surface area contributed by atoms with Crippen molar-refractivity contribution >= 4 is 11.5 Å². The number of benzene rings is 2. The van der Waals surface area contributed by atoms with Gasteiger partial charge in [-0.25, -0.2) is 8.78 Å². The monoisotopic (exact) mass is 410 g/mol. The lowest BCUT2D eigenvalue weighted by Crippen LogP contribution is -2.61. The van der Waals surface area contributed by atoms with Crippen molar-refractivity contribution in [1.82, 2.24) is 10.2 Å². The predicted molar refractivity (Wildman–Crippen MR) is 112 cm³/mol. The first-order valence-electron chi connectivity index (χ1n) is 10.1. The van der Waals surface area contributed by atoms with Crippen LogP contribution in [-0.2, 0) is 0 Å². The fraction of sp³-hybridized carbons (Fsp3) is 0.318. The second kappa shape index (κ2) is 7.07. The third-order valence-electron chi connectivity index (χ3n) is 6.09. The smallest absolute Gasteiger partial charge is 0.158 e. The molecule has 30 heavy (non-hydrogen) atoms. The first-order valence-corrected chi connectivity index (χ1v) is 10.1. The molecule has 5 rings (SSSR count). The number of anilines is 2. The van der Waals surface area contributed by atoms with Crippen LogP contribution in [0, 0.1) is 11.6 Å². The molecular formula is C22H24F2N6. The largest absolute Gasteiger partial charge is 0.332 e. The molecule has 1 aliphatic carbocycles. The Bertz CT molecular complexity index is 1060. The zero-order valence-electron chi connectivity index (χ0n) is 16.6. The van der Waals surface area contributed by atoms with E-state index in [1.54, 1.807) is 23.1 Å². The minimum Gasteiger partial charge on any atom is -0.332 e. The van der Waals surface area contributed by atoms with E-state index in [1.807, 2.05) is 17.9 Å². The van der Waals surface area contributed by atoms with E-state index >= 15 is 0 Å². The molecule has 5 N–H and O–H groups in total. The number of nitrogens with zero attached hydrogens (tertiary/aromatic N) is 3. The van der Waals surface area contributed by atoms with Crippen molar-refractivity contribution in [3.05, 3.63) is 77.0 Å². The van der Waals surface area contributed by atoms with E-state index in [2.05, 4.69) is 10.2 Å². The fourth-order valence-corrected chi connectivity index (χ4v) is 4.27. The highest BCUT2D eigenvalue weighted by Crippen LogP contribution is 2.44. The third kappa shape index (κ3) is 3.12. The van der Waals surface area contributed by atoms with E-state index in [0.29, 0.717) is 17.3 Å². The summed E-state index contributed by atoms with van der Waals surface area (Å²) in [5.41, 5.74) is 16.6.